The van der Waals surface area contributed by atoms with E-state index in [1.807, 2.05) is 0 Å². The minimum Gasteiger partial charge on any atom is -0.494 e. The topological polar surface area (TPSA) is 68.4 Å². The molecule has 1 heterocycles. The van der Waals surface area contributed by atoms with Crippen molar-refractivity contribution in [2.24, 2.45) is 0 Å². The van der Waals surface area contributed by atoms with Gasteiger partial charge in [-0.15, -0.1) is 0 Å². The van der Waals surface area contributed by atoms with Gasteiger partial charge >= 0.3 is 0 Å². The molecule has 1 unspecified atom stereocenters. The first-order chi connectivity index (χ1) is 9.10. The number of nitrogen functional groups attached to an aromatic ring is 1. The van der Waals surface area contributed by atoms with Gasteiger partial charge in [0.1, 0.15) is 5.82 Å². The third-order valence-electron chi connectivity index (χ3n) is 2.84. The van der Waals surface area contributed by atoms with E-state index in [4.69, 9.17) is 10.5 Å². The lowest BCUT2D eigenvalue weighted by molar-refractivity contribution is 0.178. The summed E-state index contributed by atoms with van der Waals surface area (Å²) >= 11 is 0. The third kappa shape index (κ3) is 3.20. The van der Waals surface area contributed by atoms with Crippen LogP contribution in [0.3, 0.4) is 0 Å². The van der Waals surface area contributed by atoms with Gasteiger partial charge in [0, 0.05) is 12.6 Å². The number of aliphatic hydroxyl groups is 1. The van der Waals surface area contributed by atoms with Crippen LogP contribution in [-0.2, 0) is 6.42 Å². The number of halogens is 1. The normalized spacial score (nSPS) is 12.2. The van der Waals surface area contributed by atoms with Crippen LogP contribution in [0.1, 0.15) is 17.2 Å². The maximum absolute atomic E-state index is 13.5. The summed E-state index contributed by atoms with van der Waals surface area (Å²) in [6, 6.07) is 7.85. The summed E-state index contributed by atoms with van der Waals surface area (Å²) in [4.78, 5) is 3.88. The quantitative estimate of drug-likeness (QED) is 0.885. The molecule has 2 rings (SSSR count). The number of nitrogens with zero attached hydrogens (tertiary/aromatic N) is 1. The van der Waals surface area contributed by atoms with Crippen molar-refractivity contribution < 1.29 is 14.2 Å². The Bertz CT molecular complexity index is 575. The Morgan fingerprint density at radius 2 is 2.16 bits per heavy atom. The molecule has 0 bridgehead atoms. The van der Waals surface area contributed by atoms with Crippen molar-refractivity contribution in [3.8, 4) is 5.75 Å². The Morgan fingerprint density at radius 3 is 2.79 bits per heavy atom. The van der Waals surface area contributed by atoms with E-state index in [0.29, 0.717) is 17.8 Å². The van der Waals surface area contributed by atoms with Crippen molar-refractivity contribution in [2.45, 2.75) is 12.5 Å². The summed E-state index contributed by atoms with van der Waals surface area (Å²) in [6.45, 7) is 0. The summed E-state index contributed by atoms with van der Waals surface area (Å²) in [7, 11) is 1.40. The molecule has 100 valence electrons. The van der Waals surface area contributed by atoms with Gasteiger partial charge in [-0.3, -0.25) is 0 Å². The van der Waals surface area contributed by atoms with E-state index in [1.165, 1.54) is 19.2 Å². The van der Waals surface area contributed by atoms with Crippen molar-refractivity contribution in [1.82, 2.24) is 4.98 Å². The standard InChI is InChI=1S/C14H15FN2O2/c1-19-13-3-2-10(8-11(13)15)12(18)6-9-4-5-17-14(16)7-9/h2-5,7-8,12,18H,6H2,1H3,(H2,16,17). The van der Waals surface area contributed by atoms with E-state index < -0.39 is 11.9 Å². The number of ether oxygens (including phenoxy) is 1. The molecule has 0 aliphatic carbocycles. The Kier molecular flexibility index (Phi) is 3.97. The first-order valence-corrected chi connectivity index (χ1v) is 5.82. The molecule has 0 amide bonds. The largest absolute Gasteiger partial charge is 0.494 e. The maximum atomic E-state index is 13.5. The van der Waals surface area contributed by atoms with Crippen LogP contribution in [0.4, 0.5) is 10.2 Å². The minimum atomic E-state index is -0.804. The van der Waals surface area contributed by atoms with Crippen LogP contribution < -0.4 is 10.5 Å². The number of pyridine rings is 1. The van der Waals surface area contributed by atoms with Gasteiger partial charge in [-0.2, -0.15) is 0 Å². The average Bonchev–Trinajstić information content (AvgIpc) is 2.38. The molecule has 1 atom stereocenters. The van der Waals surface area contributed by atoms with Gasteiger partial charge in [-0.25, -0.2) is 9.37 Å². The zero-order chi connectivity index (χ0) is 13.8. The van der Waals surface area contributed by atoms with Crippen molar-refractivity contribution in [3.05, 3.63) is 53.5 Å². The second-order valence-corrected chi connectivity index (χ2v) is 4.20. The number of methoxy groups -OCH3 is 1. The lowest BCUT2D eigenvalue weighted by Crippen LogP contribution is -2.03. The zero-order valence-corrected chi connectivity index (χ0v) is 10.5. The van der Waals surface area contributed by atoms with Gasteiger partial charge in [-0.05, 0) is 35.4 Å². The number of hydrogen-bond acceptors (Lipinski definition) is 4. The number of rotatable bonds is 4. The molecule has 5 heteroatoms. The number of aliphatic hydroxyl groups excluding tert-OH is 1. The third-order valence-corrected chi connectivity index (χ3v) is 2.84. The van der Waals surface area contributed by atoms with Crippen LogP contribution in [0.5, 0.6) is 5.75 Å². The number of hydrogen-bond donors (Lipinski definition) is 2. The molecule has 0 saturated carbocycles. The number of anilines is 1. The van der Waals surface area contributed by atoms with E-state index in [2.05, 4.69) is 4.98 Å². The van der Waals surface area contributed by atoms with Crippen LogP contribution in [0, 0.1) is 5.82 Å². The Hall–Kier alpha value is -2.14. The highest BCUT2D eigenvalue weighted by atomic mass is 19.1. The highest BCUT2D eigenvalue weighted by Crippen LogP contribution is 2.24. The lowest BCUT2D eigenvalue weighted by Gasteiger charge is -2.12. The summed E-state index contributed by atoms with van der Waals surface area (Å²) in [6.07, 6.45) is 1.12. The Balaban J connectivity index is 2.15. The van der Waals surface area contributed by atoms with Gasteiger partial charge in [0.15, 0.2) is 11.6 Å². The molecule has 4 nitrogen and oxygen atoms in total. The van der Waals surface area contributed by atoms with E-state index in [9.17, 15) is 9.50 Å². The van der Waals surface area contributed by atoms with Gasteiger partial charge in [0.05, 0.1) is 13.2 Å². The number of nitrogens with two attached hydrogens (primary N) is 1. The molecule has 3 N–H and O–H groups in total. The van der Waals surface area contributed by atoms with E-state index in [1.54, 1.807) is 24.4 Å². The predicted octanol–water partition coefficient (Wildman–Crippen LogP) is 2.09. The van der Waals surface area contributed by atoms with E-state index in [0.717, 1.165) is 5.56 Å². The van der Waals surface area contributed by atoms with Crippen molar-refractivity contribution in [2.75, 3.05) is 12.8 Å². The molecular weight excluding hydrogens is 247 g/mol. The molecule has 1 aromatic heterocycles. The average molecular weight is 262 g/mol. The Labute approximate surface area is 110 Å². The van der Waals surface area contributed by atoms with Gasteiger partial charge in [0.25, 0.3) is 0 Å². The second kappa shape index (κ2) is 5.67. The maximum Gasteiger partial charge on any atom is 0.165 e. The van der Waals surface area contributed by atoms with Crippen molar-refractivity contribution in [1.29, 1.82) is 0 Å². The summed E-state index contributed by atoms with van der Waals surface area (Å²) in [5.74, 6) is 0.0583. The molecule has 19 heavy (non-hydrogen) atoms. The highest BCUT2D eigenvalue weighted by molar-refractivity contribution is 5.34. The molecule has 0 radical (unpaired) electrons. The van der Waals surface area contributed by atoms with Gasteiger partial charge in [0.2, 0.25) is 0 Å². The summed E-state index contributed by atoms with van der Waals surface area (Å²) in [5, 5.41) is 10.1. The van der Waals surface area contributed by atoms with Crippen LogP contribution >= 0.6 is 0 Å². The molecule has 0 saturated heterocycles. The highest BCUT2D eigenvalue weighted by Gasteiger charge is 2.12. The smallest absolute Gasteiger partial charge is 0.165 e. The van der Waals surface area contributed by atoms with Crippen LogP contribution in [0.2, 0.25) is 0 Å². The van der Waals surface area contributed by atoms with E-state index in [-0.39, 0.29) is 5.75 Å². The fourth-order valence-electron chi connectivity index (χ4n) is 1.85. The predicted molar refractivity (Wildman–Crippen MR) is 70.3 cm³/mol. The van der Waals surface area contributed by atoms with Crippen LogP contribution in [0.15, 0.2) is 36.5 Å². The second-order valence-electron chi connectivity index (χ2n) is 4.20. The van der Waals surface area contributed by atoms with Crippen LogP contribution in [0.25, 0.3) is 0 Å². The molecule has 2 aromatic rings. The minimum absolute atomic E-state index is 0.157. The lowest BCUT2D eigenvalue weighted by atomic mass is 10.0. The number of benzene rings is 1. The molecule has 0 fully saturated rings. The fourth-order valence-corrected chi connectivity index (χ4v) is 1.85. The molecule has 0 aliphatic rings. The number of aromatic nitrogens is 1. The van der Waals surface area contributed by atoms with E-state index >= 15 is 0 Å². The molecule has 0 aliphatic heterocycles. The Morgan fingerprint density at radius 1 is 1.37 bits per heavy atom. The van der Waals surface area contributed by atoms with Crippen molar-refractivity contribution in [3.63, 3.8) is 0 Å². The van der Waals surface area contributed by atoms with Gasteiger partial charge < -0.3 is 15.6 Å². The molecule has 0 spiro atoms. The fraction of sp³-hybridized carbons (Fsp3) is 0.214. The first kappa shape index (κ1) is 13.3. The first-order valence-electron chi connectivity index (χ1n) is 5.82. The SMILES string of the molecule is COc1ccc(C(O)Cc2ccnc(N)c2)cc1F. The zero-order valence-electron chi connectivity index (χ0n) is 10.5. The monoisotopic (exact) mass is 262 g/mol. The van der Waals surface area contributed by atoms with Crippen molar-refractivity contribution >= 4 is 5.82 Å². The van der Waals surface area contributed by atoms with Gasteiger partial charge in [-0.1, -0.05) is 6.07 Å². The molecular formula is C14H15FN2O2. The molecule has 1 aromatic carbocycles. The summed E-state index contributed by atoms with van der Waals surface area (Å²) in [5.41, 5.74) is 6.90. The van der Waals surface area contributed by atoms with Crippen LogP contribution in [-0.4, -0.2) is 17.2 Å². The summed E-state index contributed by atoms with van der Waals surface area (Å²) < 4.78 is 18.4.